The molecule has 0 aliphatic carbocycles. The monoisotopic (exact) mass is 286 g/mol. The second-order valence-corrected chi connectivity index (χ2v) is 5.51. The quantitative estimate of drug-likeness (QED) is 0.677. The smallest absolute Gasteiger partial charge is 0.241 e. The Labute approximate surface area is 108 Å². The maximum absolute atomic E-state index is 13.0. The van der Waals surface area contributed by atoms with Crippen LogP contribution in [0.3, 0.4) is 0 Å². The van der Waals surface area contributed by atoms with Crippen LogP contribution in [0, 0.1) is 5.82 Å². The van der Waals surface area contributed by atoms with Crippen LogP contribution < -0.4 is 10.5 Å². The third-order valence-corrected chi connectivity index (χ3v) is 3.90. The first-order chi connectivity index (χ1) is 8.90. The second kappa shape index (κ2) is 4.90. The summed E-state index contributed by atoms with van der Waals surface area (Å²) in [5.41, 5.74) is 5.10. The Bertz CT molecular complexity index is 672. The predicted molar refractivity (Wildman–Crippen MR) is 63.7 cm³/mol. The van der Waals surface area contributed by atoms with E-state index >= 15 is 0 Å². The molecule has 1 heterocycles. The molecule has 0 radical (unpaired) electrons. The lowest BCUT2D eigenvalue weighted by molar-refractivity contribution is 0.559. The molecule has 0 spiro atoms. The van der Waals surface area contributed by atoms with E-state index in [0.717, 1.165) is 18.2 Å². The van der Waals surface area contributed by atoms with E-state index in [9.17, 15) is 12.8 Å². The topological polar surface area (TPSA) is 127 Å². The van der Waals surface area contributed by atoms with Gasteiger partial charge < -0.3 is 5.73 Å². The molecule has 10 heteroatoms. The first kappa shape index (κ1) is 13.4. The molecule has 0 bridgehead atoms. The maximum atomic E-state index is 13.0. The van der Waals surface area contributed by atoms with Gasteiger partial charge in [0.25, 0.3) is 0 Å². The molecule has 0 fully saturated rings. The fraction of sp³-hybridized carbons (Fsp3) is 0.222. The van der Waals surface area contributed by atoms with Gasteiger partial charge in [-0.25, -0.2) is 17.5 Å². The summed E-state index contributed by atoms with van der Waals surface area (Å²) in [4.78, 5) is -0.137. The summed E-state index contributed by atoms with van der Waals surface area (Å²) >= 11 is 0. The molecule has 2 aromatic rings. The first-order valence-electron chi connectivity index (χ1n) is 5.21. The average Bonchev–Trinajstić information content (AvgIpc) is 2.85. The third-order valence-electron chi connectivity index (χ3n) is 2.36. The Morgan fingerprint density at radius 1 is 1.47 bits per heavy atom. The SMILES string of the molecule is CC(NS(=O)(=O)c1ccc(F)c(N)c1)c1nn[nH]n1. The lowest BCUT2D eigenvalue weighted by Gasteiger charge is -2.11. The number of nitrogens with zero attached hydrogens (tertiary/aromatic N) is 3. The highest BCUT2D eigenvalue weighted by molar-refractivity contribution is 7.89. The highest BCUT2D eigenvalue weighted by Gasteiger charge is 2.21. The Hall–Kier alpha value is -2.07. The zero-order chi connectivity index (χ0) is 14.0. The van der Waals surface area contributed by atoms with Crippen LogP contribution in [0.4, 0.5) is 10.1 Å². The number of nitrogens with two attached hydrogens (primary N) is 1. The van der Waals surface area contributed by atoms with Gasteiger partial charge in [-0.05, 0) is 25.1 Å². The number of anilines is 1. The minimum absolute atomic E-state index is 0.137. The maximum Gasteiger partial charge on any atom is 0.241 e. The number of rotatable bonds is 4. The Morgan fingerprint density at radius 3 is 2.79 bits per heavy atom. The molecule has 0 saturated carbocycles. The molecule has 1 aromatic carbocycles. The number of benzene rings is 1. The fourth-order valence-electron chi connectivity index (χ4n) is 1.40. The first-order valence-corrected chi connectivity index (χ1v) is 6.69. The van der Waals surface area contributed by atoms with Crippen molar-refractivity contribution in [2.24, 2.45) is 0 Å². The number of halogens is 1. The van der Waals surface area contributed by atoms with Crippen LogP contribution in [0.2, 0.25) is 0 Å². The minimum atomic E-state index is -3.84. The molecule has 19 heavy (non-hydrogen) atoms. The van der Waals surface area contributed by atoms with Crippen molar-refractivity contribution < 1.29 is 12.8 Å². The van der Waals surface area contributed by atoms with Gasteiger partial charge in [0.05, 0.1) is 16.6 Å². The van der Waals surface area contributed by atoms with Gasteiger partial charge in [-0.15, -0.1) is 10.2 Å². The zero-order valence-electron chi connectivity index (χ0n) is 9.83. The van der Waals surface area contributed by atoms with Gasteiger partial charge in [-0.3, -0.25) is 0 Å². The third kappa shape index (κ3) is 2.85. The molecule has 0 aliphatic rings. The molecule has 4 N–H and O–H groups in total. The van der Waals surface area contributed by atoms with Crippen LogP contribution in [0.1, 0.15) is 18.8 Å². The molecule has 102 valence electrons. The molecular formula is C9H11FN6O2S. The molecule has 0 aliphatic heterocycles. The van der Waals surface area contributed by atoms with Crippen LogP contribution in [0.5, 0.6) is 0 Å². The minimum Gasteiger partial charge on any atom is -0.396 e. The number of tetrazole rings is 1. The van der Waals surface area contributed by atoms with E-state index in [2.05, 4.69) is 25.3 Å². The van der Waals surface area contributed by atoms with E-state index in [1.54, 1.807) is 6.92 Å². The number of H-pyrrole nitrogens is 1. The number of nitrogens with one attached hydrogen (secondary N) is 2. The number of aromatic nitrogens is 4. The van der Waals surface area contributed by atoms with Crippen LogP contribution in [0.15, 0.2) is 23.1 Å². The number of nitrogen functional groups attached to an aromatic ring is 1. The molecule has 1 unspecified atom stereocenters. The Balaban J connectivity index is 2.25. The van der Waals surface area contributed by atoms with Gasteiger partial charge in [0.15, 0.2) is 5.82 Å². The molecule has 8 nitrogen and oxygen atoms in total. The Kier molecular flexibility index (Phi) is 3.44. The van der Waals surface area contributed by atoms with E-state index in [4.69, 9.17) is 5.73 Å². The second-order valence-electron chi connectivity index (χ2n) is 3.80. The molecule has 0 amide bonds. The van der Waals surface area contributed by atoms with E-state index in [-0.39, 0.29) is 16.4 Å². The van der Waals surface area contributed by atoms with Crippen LogP contribution >= 0.6 is 0 Å². The number of sulfonamides is 1. The Morgan fingerprint density at radius 2 is 2.21 bits per heavy atom. The fourth-order valence-corrected chi connectivity index (χ4v) is 2.63. The predicted octanol–water partition coefficient (Wildman–Crippen LogP) is -0.0395. The van der Waals surface area contributed by atoms with Crippen molar-refractivity contribution in [3.05, 3.63) is 29.8 Å². The molecular weight excluding hydrogens is 275 g/mol. The summed E-state index contributed by atoms with van der Waals surface area (Å²) in [7, 11) is -3.84. The van der Waals surface area contributed by atoms with Gasteiger partial charge in [0.1, 0.15) is 5.82 Å². The van der Waals surface area contributed by atoms with Gasteiger partial charge >= 0.3 is 0 Å². The lowest BCUT2D eigenvalue weighted by atomic mass is 10.3. The van der Waals surface area contributed by atoms with Crippen molar-refractivity contribution in [1.29, 1.82) is 0 Å². The average molecular weight is 286 g/mol. The number of aromatic amines is 1. The van der Waals surface area contributed by atoms with Crippen molar-refractivity contribution in [3.8, 4) is 0 Å². The lowest BCUT2D eigenvalue weighted by Crippen LogP contribution is -2.27. The van der Waals surface area contributed by atoms with Crippen LogP contribution in [-0.4, -0.2) is 29.0 Å². The standard InChI is InChI=1S/C9H11FN6O2S/c1-5(9-12-15-16-13-9)14-19(17,18)6-2-3-7(10)8(11)4-6/h2-5,14H,11H2,1H3,(H,12,13,15,16). The van der Waals surface area contributed by atoms with E-state index < -0.39 is 21.9 Å². The summed E-state index contributed by atoms with van der Waals surface area (Å²) in [5, 5.41) is 12.9. The van der Waals surface area contributed by atoms with Gasteiger partial charge in [0.2, 0.25) is 10.0 Å². The summed E-state index contributed by atoms with van der Waals surface area (Å²) in [6, 6.07) is 2.47. The zero-order valence-corrected chi connectivity index (χ0v) is 10.6. The van der Waals surface area contributed by atoms with E-state index in [1.165, 1.54) is 0 Å². The molecule has 1 aromatic heterocycles. The largest absolute Gasteiger partial charge is 0.396 e. The summed E-state index contributed by atoms with van der Waals surface area (Å²) in [6.45, 7) is 1.55. The van der Waals surface area contributed by atoms with Crippen molar-refractivity contribution in [2.75, 3.05) is 5.73 Å². The highest BCUT2D eigenvalue weighted by atomic mass is 32.2. The van der Waals surface area contributed by atoms with Crippen molar-refractivity contribution in [1.82, 2.24) is 25.3 Å². The van der Waals surface area contributed by atoms with E-state index in [1.807, 2.05) is 0 Å². The normalized spacial score (nSPS) is 13.4. The van der Waals surface area contributed by atoms with Gasteiger partial charge in [-0.1, -0.05) is 5.21 Å². The molecule has 2 rings (SSSR count). The van der Waals surface area contributed by atoms with Crippen molar-refractivity contribution in [3.63, 3.8) is 0 Å². The van der Waals surface area contributed by atoms with Crippen LogP contribution in [-0.2, 0) is 10.0 Å². The van der Waals surface area contributed by atoms with Gasteiger partial charge in [-0.2, -0.15) is 5.21 Å². The highest BCUT2D eigenvalue weighted by Crippen LogP contribution is 2.18. The van der Waals surface area contributed by atoms with Crippen molar-refractivity contribution in [2.45, 2.75) is 17.9 Å². The van der Waals surface area contributed by atoms with Crippen molar-refractivity contribution >= 4 is 15.7 Å². The molecule has 0 saturated heterocycles. The summed E-state index contributed by atoms with van der Waals surface area (Å²) in [6.07, 6.45) is 0. The van der Waals surface area contributed by atoms with Crippen LogP contribution in [0.25, 0.3) is 0 Å². The van der Waals surface area contributed by atoms with Gasteiger partial charge in [0, 0.05) is 0 Å². The molecule has 1 atom stereocenters. The van der Waals surface area contributed by atoms with E-state index in [0.29, 0.717) is 0 Å². The number of hydrogen-bond acceptors (Lipinski definition) is 6. The number of hydrogen-bond donors (Lipinski definition) is 3. The summed E-state index contributed by atoms with van der Waals surface area (Å²) in [5.74, 6) is -0.483. The summed E-state index contributed by atoms with van der Waals surface area (Å²) < 4.78 is 39.4.